The third-order valence-electron chi connectivity index (χ3n) is 6.11. The molecule has 0 radical (unpaired) electrons. The summed E-state index contributed by atoms with van der Waals surface area (Å²) in [6, 6.07) is 19.6. The molecular weight excluding hydrogens is 484 g/mol. The van der Waals surface area contributed by atoms with E-state index >= 15 is 0 Å². The molecule has 0 aliphatic carbocycles. The van der Waals surface area contributed by atoms with Gasteiger partial charge in [-0.05, 0) is 42.7 Å². The number of unbranched alkanes of at least 4 members (excludes halogenated alkanes) is 1. The van der Waals surface area contributed by atoms with Crippen LogP contribution in [0.1, 0.15) is 37.8 Å². The van der Waals surface area contributed by atoms with Crippen molar-refractivity contribution in [2.45, 2.75) is 45.6 Å². The zero-order valence-electron chi connectivity index (χ0n) is 23.0. The minimum Gasteiger partial charge on any atom is -0.447 e. The summed E-state index contributed by atoms with van der Waals surface area (Å²) < 4.78 is 15.4. The molecule has 2 rings (SSSR count). The molecule has 0 saturated carbocycles. The fraction of sp³-hybridized carbons (Fsp3) is 0.517. The van der Waals surface area contributed by atoms with Crippen LogP contribution in [0, 0.1) is 5.92 Å². The molecule has 3 N–H and O–H groups in total. The van der Waals surface area contributed by atoms with Gasteiger partial charge in [-0.2, -0.15) is 0 Å². The summed E-state index contributed by atoms with van der Waals surface area (Å²) in [6.07, 6.45) is 2.86. The molecule has 0 heterocycles. The molecule has 210 valence electrons. The number of hydrazine groups is 2. The lowest BCUT2D eigenvalue weighted by Gasteiger charge is -2.34. The molecule has 9 heteroatoms. The Hall–Kier alpha value is -2.98. The third kappa shape index (κ3) is 12.0. The molecule has 0 aliphatic heterocycles. The fourth-order valence-corrected chi connectivity index (χ4v) is 3.90. The third-order valence-corrected chi connectivity index (χ3v) is 6.11. The summed E-state index contributed by atoms with van der Waals surface area (Å²) in [6.45, 7) is 6.12. The fourth-order valence-electron chi connectivity index (χ4n) is 3.90. The van der Waals surface area contributed by atoms with E-state index in [1.54, 1.807) is 7.11 Å². The number of rotatable bonds is 18. The topological polar surface area (TPSA) is 106 Å². The molecule has 1 atom stereocenters. The predicted molar refractivity (Wildman–Crippen MR) is 148 cm³/mol. The van der Waals surface area contributed by atoms with Gasteiger partial charge in [-0.15, -0.1) is 0 Å². The molecule has 2 amide bonds. The van der Waals surface area contributed by atoms with E-state index in [9.17, 15) is 9.59 Å². The highest BCUT2D eigenvalue weighted by atomic mass is 16.6. The number of nitrogens with zero attached hydrogens (tertiary/aromatic N) is 2. The van der Waals surface area contributed by atoms with Crippen LogP contribution >= 0.6 is 0 Å². The first kappa shape index (κ1) is 31.2. The number of hydrogen-bond acceptors (Lipinski definition) is 7. The van der Waals surface area contributed by atoms with Gasteiger partial charge >= 0.3 is 6.09 Å². The lowest BCUT2D eigenvalue weighted by molar-refractivity contribution is -0.153. The Kier molecular flexibility index (Phi) is 15.0. The number of hydrogen-bond donors (Lipinski definition) is 2. The van der Waals surface area contributed by atoms with Gasteiger partial charge in [0.25, 0.3) is 5.91 Å². The smallest absolute Gasteiger partial charge is 0.407 e. The second-order valence-corrected chi connectivity index (χ2v) is 9.42. The summed E-state index contributed by atoms with van der Waals surface area (Å²) in [5.74, 6) is 5.82. The van der Waals surface area contributed by atoms with Crippen molar-refractivity contribution in [3.8, 4) is 0 Å². The molecule has 38 heavy (non-hydrogen) atoms. The minimum absolute atomic E-state index is 0.0749. The molecule has 0 fully saturated rings. The van der Waals surface area contributed by atoms with Crippen LogP contribution in [-0.4, -0.2) is 74.8 Å². The second-order valence-electron chi connectivity index (χ2n) is 9.42. The van der Waals surface area contributed by atoms with E-state index in [4.69, 9.17) is 20.1 Å². The van der Waals surface area contributed by atoms with Crippen molar-refractivity contribution in [1.82, 2.24) is 15.4 Å². The van der Waals surface area contributed by atoms with Crippen molar-refractivity contribution in [1.29, 1.82) is 0 Å². The summed E-state index contributed by atoms with van der Waals surface area (Å²) in [5.41, 5.74) is 2.45. The number of alkyl carbamates (subject to hydrolysis) is 1. The molecule has 0 unspecified atom stereocenters. The van der Waals surface area contributed by atoms with E-state index in [0.29, 0.717) is 26.3 Å². The van der Waals surface area contributed by atoms with Crippen LogP contribution in [-0.2, 0) is 31.8 Å². The molecule has 2 aromatic carbocycles. The lowest BCUT2D eigenvalue weighted by atomic mass is 10.0. The van der Waals surface area contributed by atoms with Crippen LogP contribution in [0.15, 0.2) is 60.7 Å². The molecule has 0 aliphatic rings. The first-order chi connectivity index (χ1) is 18.4. The highest BCUT2D eigenvalue weighted by Crippen LogP contribution is 2.11. The maximum Gasteiger partial charge on any atom is 0.407 e. The number of amides is 2. The molecular formula is C29H44N4O5. The average Bonchev–Trinajstić information content (AvgIpc) is 2.93. The van der Waals surface area contributed by atoms with Crippen LogP contribution in [0.2, 0.25) is 0 Å². The van der Waals surface area contributed by atoms with Crippen LogP contribution in [0.4, 0.5) is 4.79 Å². The van der Waals surface area contributed by atoms with E-state index in [1.807, 2.05) is 55.3 Å². The zero-order valence-corrected chi connectivity index (χ0v) is 23.0. The number of aryl methyl sites for hydroxylation is 1. The van der Waals surface area contributed by atoms with Gasteiger partial charge in [-0.25, -0.2) is 20.8 Å². The van der Waals surface area contributed by atoms with Crippen molar-refractivity contribution in [3.05, 3.63) is 71.8 Å². The number of benzene rings is 2. The van der Waals surface area contributed by atoms with Crippen molar-refractivity contribution in [2.75, 3.05) is 46.6 Å². The summed E-state index contributed by atoms with van der Waals surface area (Å²) in [4.78, 5) is 25.8. The Morgan fingerprint density at radius 2 is 1.45 bits per heavy atom. The monoisotopic (exact) mass is 528 g/mol. The molecule has 2 aromatic rings. The van der Waals surface area contributed by atoms with Gasteiger partial charge in [0.1, 0.15) is 12.6 Å². The number of carbonyl (C=O) groups is 2. The van der Waals surface area contributed by atoms with E-state index in [1.165, 1.54) is 10.7 Å². The first-order valence-electron chi connectivity index (χ1n) is 13.3. The molecule has 0 saturated heterocycles. The Balaban J connectivity index is 1.95. The molecule has 0 spiro atoms. The minimum atomic E-state index is -0.828. The van der Waals surface area contributed by atoms with Crippen molar-refractivity contribution in [3.63, 3.8) is 0 Å². The SMILES string of the molecule is COCCOCCOC(=O)N[C@H](C(=O)N(N)N(CCCCc1ccccc1)CCc1ccccc1)C(C)C. The van der Waals surface area contributed by atoms with Gasteiger partial charge in [0.05, 0.1) is 19.8 Å². The van der Waals surface area contributed by atoms with Crippen LogP contribution in [0.5, 0.6) is 0 Å². The summed E-state index contributed by atoms with van der Waals surface area (Å²) in [5, 5.41) is 5.72. The molecule has 0 bridgehead atoms. The van der Waals surface area contributed by atoms with E-state index in [-0.39, 0.29) is 25.0 Å². The van der Waals surface area contributed by atoms with Crippen LogP contribution in [0.25, 0.3) is 0 Å². The average molecular weight is 529 g/mol. The second kappa shape index (κ2) is 18.3. The van der Waals surface area contributed by atoms with E-state index < -0.39 is 12.1 Å². The van der Waals surface area contributed by atoms with Crippen LogP contribution < -0.4 is 11.2 Å². The quantitative estimate of drug-likeness (QED) is 0.132. The maximum absolute atomic E-state index is 13.4. The summed E-state index contributed by atoms with van der Waals surface area (Å²) >= 11 is 0. The van der Waals surface area contributed by atoms with Gasteiger partial charge in [-0.1, -0.05) is 74.5 Å². The largest absolute Gasteiger partial charge is 0.447 e. The zero-order chi connectivity index (χ0) is 27.6. The van der Waals surface area contributed by atoms with E-state index in [2.05, 4.69) is 29.6 Å². The first-order valence-corrected chi connectivity index (χ1v) is 13.3. The number of nitrogens with two attached hydrogens (primary N) is 1. The Morgan fingerprint density at radius 3 is 2.05 bits per heavy atom. The van der Waals surface area contributed by atoms with Crippen molar-refractivity contribution in [2.24, 2.45) is 11.8 Å². The van der Waals surface area contributed by atoms with Gasteiger partial charge in [0.2, 0.25) is 0 Å². The Labute approximate surface area is 227 Å². The lowest BCUT2D eigenvalue weighted by Crippen LogP contribution is -2.60. The highest BCUT2D eigenvalue weighted by Gasteiger charge is 2.30. The van der Waals surface area contributed by atoms with Gasteiger partial charge in [0.15, 0.2) is 0 Å². The van der Waals surface area contributed by atoms with Gasteiger partial charge in [-0.3, -0.25) is 4.79 Å². The Morgan fingerprint density at radius 1 is 0.842 bits per heavy atom. The molecule has 0 aromatic heterocycles. The number of methoxy groups -OCH3 is 1. The van der Waals surface area contributed by atoms with Gasteiger partial charge in [0, 0.05) is 20.2 Å². The van der Waals surface area contributed by atoms with E-state index in [0.717, 1.165) is 31.2 Å². The van der Waals surface area contributed by atoms with Gasteiger partial charge < -0.3 is 19.5 Å². The van der Waals surface area contributed by atoms with Crippen LogP contribution in [0.3, 0.4) is 0 Å². The predicted octanol–water partition coefficient (Wildman–Crippen LogP) is 3.59. The Bertz CT molecular complexity index is 914. The van der Waals surface area contributed by atoms with Crippen molar-refractivity contribution >= 4 is 12.0 Å². The standard InChI is InChI=1S/C29H44N4O5/c1-24(2)27(31-29(35)38-23-22-37-21-20-36-3)28(34)33(30)32(19-17-26-14-8-5-9-15-26)18-11-10-16-25-12-6-4-7-13-25/h4-9,12-15,24,27H,10-11,16-23,30H2,1-3H3,(H,31,35)/t27-/m0/s1. The van der Waals surface area contributed by atoms with Crippen molar-refractivity contribution < 1.29 is 23.8 Å². The number of carbonyl (C=O) groups excluding carboxylic acids is 2. The number of ether oxygens (including phenoxy) is 3. The maximum atomic E-state index is 13.4. The number of nitrogens with one attached hydrogen (secondary N) is 1. The highest BCUT2D eigenvalue weighted by molar-refractivity contribution is 5.85. The normalized spacial score (nSPS) is 11.9. The summed E-state index contributed by atoms with van der Waals surface area (Å²) in [7, 11) is 1.59. The molecule has 9 nitrogen and oxygen atoms in total.